The highest BCUT2D eigenvalue weighted by atomic mass is 35.5. The second kappa shape index (κ2) is 7.71. The number of nitrogens with two attached hydrogens (primary N) is 1. The van der Waals surface area contributed by atoms with E-state index >= 15 is 0 Å². The van der Waals surface area contributed by atoms with E-state index < -0.39 is 6.04 Å². The first-order chi connectivity index (χ1) is 5.07. The van der Waals surface area contributed by atoms with Gasteiger partial charge in [-0.25, -0.2) is 0 Å². The number of rotatable bonds is 4. The number of esters is 1. The van der Waals surface area contributed by atoms with Crippen LogP contribution in [0.3, 0.4) is 0 Å². The summed E-state index contributed by atoms with van der Waals surface area (Å²) in [4.78, 5) is 10.9. The zero-order valence-electron chi connectivity index (χ0n) is 7.32. The van der Waals surface area contributed by atoms with Crippen LogP contribution in [0.25, 0.3) is 0 Å². The van der Waals surface area contributed by atoms with Gasteiger partial charge in [0.25, 0.3) is 0 Å². The highest BCUT2D eigenvalue weighted by molar-refractivity contribution is 7.80. The molecule has 1 atom stereocenters. The van der Waals surface area contributed by atoms with E-state index in [-0.39, 0.29) is 18.4 Å². The minimum Gasteiger partial charge on any atom is -0.464 e. The van der Waals surface area contributed by atoms with E-state index in [1.165, 1.54) is 0 Å². The number of ether oxygens (including phenoxy) is 1. The van der Waals surface area contributed by atoms with E-state index in [0.717, 1.165) is 0 Å². The Hall–Kier alpha value is 0.0700. The molecule has 0 aromatic carbocycles. The van der Waals surface area contributed by atoms with Crippen LogP contribution in [0.15, 0.2) is 0 Å². The van der Waals surface area contributed by atoms with Crippen LogP contribution in [0.2, 0.25) is 0 Å². The second-order valence-electron chi connectivity index (χ2n) is 2.81. The van der Waals surface area contributed by atoms with Crippen molar-refractivity contribution in [1.29, 1.82) is 0 Å². The van der Waals surface area contributed by atoms with Crippen LogP contribution in [-0.2, 0) is 9.53 Å². The van der Waals surface area contributed by atoms with Crippen LogP contribution in [0.1, 0.15) is 13.8 Å². The minimum atomic E-state index is -0.586. The monoisotopic (exact) mass is 213 g/mol. The zero-order chi connectivity index (χ0) is 8.85. The Bertz CT molecular complexity index is 133. The third-order valence-electron chi connectivity index (χ3n) is 1.06. The Morgan fingerprint density at radius 1 is 1.58 bits per heavy atom. The van der Waals surface area contributed by atoms with Crippen molar-refractivity contribution in [1.82, 2.24) is 0 Å². The van der Waals surface area contributed by atoms with Crippen LogP contribution >= 0.6 is 25.0 Å². The van der Waals surface area contributed by atoms with Crippen molar-refractivity contribution in [3.63, 3.8) is 0 Å². The van der Waals surface area contributed by atoms with Crippen LogP contribution < -0.4 is 5.73 Å². The maximum absolute atomic E-state index is 10.9. The van der Waals surface area contributed by atoms with E-state index in [1.807, 2.05) is 13.8 Å². The number of hydrogen-bond donors (Lipinski definition) is 2. The molecule has 5 heteroatoms. The van der Waals surface area contributed by atoms with Gasteiger partial charge in [-0.2, -0.15) is 12.6 Å². The summed E-state index contributed by atoms with van der Waals surface area (Å²) in [6, 6.07) is -0.586. The molecule has 74 valence electrons. The smallest absolute Gasteiger partial charge is 0.323 e. The number of carbonyl (C=O) groups is 1. The van der Waals surface area contributed by atoms with Gasteiger partial charge in [0, 0.05) is 5.75 Å². The highest BCUT2D eigenvalue weighted by Gasteiger charge is 2.12. The molecule has 0 aromatic heterocycles. The van der Waals surface area contributed by atoms with Gasteiger partial charge < -0.3 is 10.5 Å². The fraction of sp³-hybridized carbons (Fsp3) is 0.857. The van der Waals surface area contributed by atoms with Gasteiger partial charge in [0.2, 0.25) is 0 Å². The molecule has 0 radical (unpaired) electrons. The van der Waals surface area contributed by atoms with Crippen molar-refractivity contribution in [2.45, 2.75) is 19.9 Å². The average Bonchev–Trinajstić information content (AvgIpc) is 1.98. The van der Waals surface area contributed by atoms with Gasteiger partial charge in [-0.05, 0) is 5.92 Å². The normalized spacial score (nSPS) is 12.1. The Morgan fingerprint density at radius 3 is 2.42 bits per heavy atom. The van der Waals surface area contributed by atoms with Gasteiger partial charge >= 0.3 is 5.97 Å². The van der Waals surface area contributed by atoms with E-state index in [1.54, 1.807) is 0 Å². The maximum atomic E-state index is 10.9. The van der Waals surface area contributed by atoms with E-state index in [0.29, 0.717) is 18.3 Å². The molecule has 0 heterocycles. The van der Waals surface area contributed by atoms with Crippen LogP contribution in [-0.4, -0.2) is 24.4 Å². The van der Waals surface area contributed by atoms with Crippen LogP contribution in [0.4, 0.5) is 0 Å². The third kappa shape index (κ3) is 6.76. The molecule has 2 N–H and O–H groups in total. The molecule has 0 aliphatic rings. The summed E-state index contributed by atoms with van der Waals surface area (Å²) in [6.45, 7) is 4.37. The summed E-state index contributed by atoms with van der Waals surface area (Å²) < 4.78 is 4.84. The molecule has 0 saturated heterocycles. The first-order valence-electron chi connectivity index (χ1n) is 3.61. The molecule has 0 bridgehead atoms. The van der Waals surface area contributed by atoms with Crippen LogP contribution in [0.5, 0.6) is 0 Å². The summed E-state index contributed by atoms with van der Waals surface area (Å²) in [6.07, 6.45) is 0. The summed E-state index contributed by atoms with van der Waals surface area (Å²) in [5.41, 5.74) is 5.35. The average molecular weight is 214 g/mol. The van der Waals surface area contributed by atoms with E-state index in [2.05, 4.69) is 12.6 Å². The first-order valence-corrected chi connectivity index (χ1v) is 4.24. The molecule has 0 aliphatic heterocycles. The standard InChI is InChI=1S/C7H15NO2S.ClH/c1-5(2)3-10-7(9)6(8)4-11;/h5-6,11H,3-4,8H2,1-2H3;1H/t6-;/m0./s1. The van der Waals surface area contributed by atoms with Gasteiger partial charge in [0.05, 0.1) is 6.61 Å². The molecule has 0 amide bonds. The summed E-state index contributed by atoms with van der Waals surface area (Å²) >= 11 is 3.87. The molecule has 0 spiro atoms. The predicted molar refractivity (Wildman–Crippen MR) is 54.9 cm³/mol. The van der Waals surface area contributed by atoms with Gasteiger partial charge in [0.15, 0.2) is 0 Å². The topological polar surface area (TPSA) is 52.3 Å². The quantitative estimate of drug-likeness (QED) is 0.538. The summed E-state index contributed by atoms with van der Waals surface area (Å²) in [5.74, 6) is 0.316. The van der Waals surface area contributed by atoms with Crippen molar-refractivity contribution < 1.29 is 9.53 Å². The molecule has 12 heavy (non-hydrogen) atoms. The molecule has 0 saturated carbocycles. The zero-order valence-corrected chi connectivity index (χ0v) is 9.03. The third-order valence-corrected chi connectivity index (χ3v) is 1.45. The fourth-order valence-corrected chi connectivity index (χ4v) is 0.579. The molecule has 0 aliphatic carbocycles. The van der Waals surface area contributed by atoms with Gasteiger partial charge in [-0.15, -0.1) is 12.4 Å². The molecule has 0 fully saturated rings. The van der Waals surface area contributed by atoms with Gasteiger partial charge in [0.1, 0.15) is 6.04 Å². The molecular formula is C7H16ClNO2S. The molecule has 3 nitrogen and oxygen atoms in total. The lowest BCUT2D eigenvalue weighted by Gasteiger charge is -2.10. The summed E-state index contributed by atoms with van der Waals surface area (Å²) in [5, 5.41) is 0. The van der Waals surface area contributed by atoms with Crippen molar-refractivity contribution in [3.05, 3.63) is 0 Å². The lowest BCUT2D eigenvalue weighted by Crippen LogP contribution is -2.34. The van der Waals surface area contributed by atoms with Crippen LogP contribution in [0, 0.1) is 5.92 Å². The van der Waals surface area contributed by atoms with Crippen molar-refractivity contribution in [2.75, 3.05) is 12.4 Å². The largest absolute Gasteiger partial charge is 0.464 e. The highest BCUT2D eigenvalue weighted by Crippen LogP contribution is 1.95. The van der Waals surface area contributed by atoms with Crippen molar-refractivity contribution in [2.24, 2.45) is 11.7 Å². The number of halogens is 1. The lowest BCUT2D eigenvalue weighted by molar-refractivity contribution is -0.145. The molecule has 0 rings (SSSR count). The van der Waals surface area contributed by atoms with Gasteiger partial charge in [-0.1, -0.05) is 13.8 Å². The Kier molecular flexibility index (Phi) is 9.37. The molecular weight excluding hydrogens is 198 g/mol. The van der Waals surface area contributed by atoms with Crippen molar-refractivity contribution >= 4 is 31.0 Å². The summed E-state index contributed by atoms with van der Waals surface area (Å²) in [7, 11) is 0. The Morgan fingerprint density at radius 2 is 2.08 bits per heavy atom. The van der Waals surface area contributed by atoms with Crippen molar-refractivity contribution in [3.8, 4) is 0 Å². The SMILES string of the molecule is CC(C)COC(=O)[C@@H](N)CS.Cl. The minimum absolute atomic E-state index is 0. The Balaban J connectivity index is 0. The number of carbonyl (C=O) groups excluding carboxylic acids is 1. The molecule has 0 aromatic rings. The lowest BCUT2D eigenvalue weighted by atomic mass is 10.2. The maximum Gasteiger partial charge on any atom is 0.323 e. The molecule has 0 unspecified atom stereocenters. The van der Waals surface area contributed by atoms with E-state index in [9.17, 15) is 4.79 Å². The fourth-order valence-electron chi connectivity index (χ4n) is 0.430. The number of hydrogen-bond acceptors (Lipinski definition) is 4. The number of thiol groups is 1. The van der Waals surface area contributed by atoms with Gasteiger partial charge in [-0.3, -0.25) is 4.79 Å². The van der Waals surface area contributed by atoms with E-state index in [4.69, 9.17) is 10.5 Å². The predicted octanol–water partition coefficient (Wildman–Crippen LogP) is 0.864. The first kappa shape index (κ1) is 14.6. The second-order valence-corrected chi connectivity index (χ2v) is 3.18. The Labute approximate surface area is 84.9 Å².